The maximum Gasteiger partial charge on any atom is 0.00990 e. The summed E-state index contributed by atoms with van der Waals surface area (Å²) in [5.74, 6) is 1.97. The van der Waals surface area contributed by atoms with E-state index < -0.39 is 0 Å². The van der Waals surface area contributed by atoms with Gasteiger partial charge in [0.1, 0.15) is 0 Å². The van der Waals surface area contributed by atoms with Crippen molar-refractivity contribution in [3.8, 4) is 0 Å². The molecule has 2 aliphatic rings. The molecule has 1 saturated heterocycles. The molecule has 1 heterocycles. The fourth-order valence-corrected chi connectivity index (χ4v) is 2.59. The highest BCUT2D eigenvalue weighted by Gasteiger charge is 2.34. The first-order chi connectivity index (χ1) is 6.90. The Morgan fingerprint density at radius 2 is 2.36 bits per heavy atom. The molecule has 0 aromatic rings. The molecular formula is C12H24N2. The van der Waals surface area contributed by atoms with Gasteiger partial charge < -0.3 is 10.6 Å². The largest absolute Gasteiger partial charge is 0.316 e. The number of rotatable bonds is 6. The molecule has 2 fully saturated rings. The lowest BCUT2D eigenvalue weighted by Crippen LogP contribution is -2.20. The lowest BCUT2D eigenvalue weighted by atomic mass is 10.0. The summed E-state index contributed by atoms with van der Waals surface area (Å²) in [6.45, 7) is 6.06. The molecule has 0 aromatic heterocycles. The van der Waals surface area contributed by atoms with E-state index in [4.69, 9.17) is 0 Å². The molecule has 0 spiro atoms. The van der Waals surface area contributed by atoms with Crippen LogP contribution in [0.4, 0.5) is 0 Å². The molecule has 1 aliphatic carbocycles. The zero-order valence-electron chi connectivity index (χ0n) is 9.39. The Morgan fingerprint density at radius 1 is 1.43 bits per heavy atom. The topological polar surface area (TPSA) is 24.1 Å². The van der Waals surface area contributed by atoms with E-state index in [1.54, 1.807) is 0 Å². The molecule has 3 unspecified atom stereocenters. The predicted molar refractivity (Wildman–Crippen MR) is 60.4 cm³/mol. The van der Waals surface area contributed by atoms with Crippen molar-refractivity contribution in [3.05, 3.63) is 0 Å². The second kappa shape index (κ2) is 5.13. The van der Waals surface area contributed by atoms with Gasteiger partial charge in [0, 0.05) is 6.04 Å². The molecule has 2 heteroatoms. The van der Waals surface area contributed by atoms with Crippen LogP contribution in [-0.4, -0.2) is 25.7 Å². The van der Waals surface area contributed by atoms with Crippen molar-refractivity contribution in [1.29, 1.82) is 0 Å². The summed E-state index contributed by atoms with van der Waals surface area (Å²) < 4.78 is 0. The monoisotopic (exact) mass is 196 g/mol. The van der Waals surface area contributed by atoms with E-state index in [9.17, 15) is 0 Å². The van der Waals surface area contributed by atoms with E-state index in [2.05, 4.69) is 17.6 Å². The first-order valence-electron chi connectivity index (χ1n) is 6.34. The van der Waals surface area contributed by atoms with Gasteiger partial charge in [0.2, 0.25) is 0 Å². The molecule has 2 nitrogen and oxygen atoms in total. The summed E-state index contributed by atoms with van der Waals surface area (Å²) >= 11 is 0. The summed E-state index contributed by atoms with van der Waals surface area (Å²) in [4.78, 5) is 0. The van der Waals surface area contributed by atoms with Crippen molar-refractivity contribution in [2.45, 2.75) is 45.1 Å². The van der Waals surface area contributed by atoms with Gasteiger partial charge in [-0.1, -0.05) is 13.3 Å². The van der Waals surface area contributed by atoms with Gasteiger partial charge in [-0.3, -0.25) is 0 Å². The van der Waals surface area contributed by atoms with Gasteiger partial charge in [0.25, 0.3) is 0 Å². The molecule has 0 amide bonds. The zero-order valence-corrected chi connectivity index (χ0v) is 9.39. The minimum absolute atomic E-state index is 0.877. The normalized spacial score (nSPS) is 36.2. The Kier molecular flexibility index (Phi) is 3.82. The first kappa shape index (κ1) is 10.4. The highest BCUT2D eigenvalue weighted by molar-refractivity contribution is 4.91. The minimum atomic E-state index is 0.877. The number of nitrogens with one attached hydrogen (secondary N) is 2. The maximum atomic E-state index is 3.66. The van der Waals surface area contributed by atoms with Gasteiger partial charge in [0.05, 0.1) is 0 Å². The minimum Gasteiger partial charge on any atom is -0.316 e. The van der Waals surface area contributed by atoms with Crippen LogP contribution in [0.25, 0.3) is 0 Å². The van der Waals surface area contributed by atoms with E-state index in [1.165, 1.54) is 51.7 Å². The van der Waals surface area contributed by atoms with Crippen LogP contribution in [0.5, 0.6) is 0 Å². The van der Waals surface area contributed by atoms with Crippen molar-refractivity contribution in [3.63, 3.8) is 0 Å². The van der Waals surface area contributed by atoms with Crippen molar-refractivity contribution >= 4 is 0 Å². The van der Waals surface area contributed by atoms with Crippen molar-refractivity contribution in [2.75, 3.05) is 19.6 Å². The second-order valence-corrected chi connectivity index (χ2v) is 4.97. The van der Waals surface area contributed by atoms with Crippen LogP contribution in [0, 0.1) is 11.8 Å². The fourth-order valence-electron chi connectivity index (χ4n) is 2.59. The summed E-state index contributed by atoms with van der Waals surface area (Å²) in [5, 5.41) is 7.09. The highest BCUT2D eigenvalue weighted by Crippen LogP contribution is 2.32. The van der Waals surface area contributed by atoms with E-state index in [0.29, 0.717) is 0 Å². The van der Waals surface area contributed by atoms with Crippen molar-refractivity contribution < 1.29 is 0 Å². The van der Waals surface area contributed by atoms with Crippen LogP contribution in [0.3, 0.4) is 0 Å². The quantitative estimate of drug-likeness (QED) is 0.633. The third-order valence-electron chi connectivity index (χ3n) is 3.81. The van der Waals surface area contributed by atoms with Crippen LogP contribution < -0.4 is 10.6 Å². The Bertz CT molecular complexity index is 164. The summed E-state index contributed by atoms with van der Waals surface area (Å²) in [6.07, 6.45) is 7.00. The molecule has 1 saturated carbocycles. The van der Waals surface area contributed by atoms with Gasteiger partial charge in [-0.15, -0.1) is 0 Å². The first-order valence-corrected chi connectivity index (χ1v) is 6.34. The summed E-state index contributed by atoms with van der Waals surface area (Å²) in [5.41, 5.74) is 0. The van der Waals surface area contributed by atoms with Crippen LogP contribution in [0.2, 0.25) is 0 Å². The van der Waals surface area contributed by atoms with Crippen LogP contribution in [0.15, 0.2) is 0 Å². The van der Waals surface area contributed by atoms with Gasteiger partial charge in [0.15, 0.2) is 0 Å². The summed E-state index contributed by atoms with van der Waals surface area (Å²) in [7, 11) is 0. The number of hydrogen-bond donors (Lipinski definition) is 2. The molecule has 3 atom stereocenters. The molecule has 0 radical (unpaired) electrons. The molecular weight excluding hydrogens is 172 g/mol. The SMILES string of the molecule is CCC1CC1NCCCC1CCNC1. The average Bonchev–Trinajstić information content (AvgIpc) is 2.77. The van der Waals surface area contributed by atoms with Gasteiger partial charge in [-0.2, -0.15) is 0 Å². The lowest BCUT2D eigenvalue weighted by Gasteiger charge is -2.08. The third-order valence-corrected chi connectivity index (χ3v) is 3.81. The average molecular weight is 196 g/mol. The van der Waals surface area contributed by atoms with Crippen molar-refractivity contribution in [2.24, 2.45) is 11.8 Å². The predicted octanol–water partition coefficient (Wildman–Crippen LogP) is 1.76. The maximum absolute atomic E-state index is 3.66. The molecule has 2 N–H and O–H groups in total. The Balaban J connectivity index is 1.44. The lowest BCUT2D eigenvalue weighted by molar-refractivity contribution is 0.486. The van der Waals surface area contributed by atoms with E-state index in [1.807, 2.05) is 0 Å². The molecule has 14 heavy (non-hydrogen) atoms. The van der Waals surface area contributed by atoms with Crippen LogP contribution in [-0.2, 0) is 0 Å². The molecule has 82 valence electrons. The van der Waals surface area contributed by atoms with Crippen molar-refractivity contribution in [1.82, 2.24) is 10.6 Å². The number of hydrogen-bond acceptors (Lipinski definition) is 2. The third kappa shape index (κ3) is 2.96. The molecule has 2 rings (SSSR count). The highest BCUT2D eigenvalue weighted by atomic mass is 15.0. The standard InChI is InChI=1S/C12H24N2/c1-2-11-8-12(11)14-6-3-4-10-5-7-13-9-10/h10-14H,2-9H2,1H3. The van der Waals surface area contributed by atoms with Crippen LogP contribution >= 0.6 is 0 Å². The summed E-state index contributed by atoms with van der Waals surface area (Å²) in [6, 6.07) is 0.877. The fraction of sp³-hybridized carbons (Fsp3) is 1.00. The van der Waals surface area contributed by atoms with Gasteiger partial charge in [-0.25, -0.2) is 0 Å². The molecule has 0 bridgehead atoms. The molecule has 1 aliphatic heterocycles. The Morgan fingerprint density at radius 3 is 3.00 bits per heavy atom. The smallest absolute Gasteiger partial charge is 0.00990 e. The van der Waals surface area contributed by atoms with Gasteiger partial charge in [-0.05, 0) is 57.2 Å². The van der Waals surface area contributed by atoms with Crippen LogP contribution in [0.1, 0.15) is 39.0 Å². The molecule has 0 aromatic carbocycles. The van der Waals surface area contributed by atoms with E-state index in [0.717, 1.165) is 17.9 Å². The van der Waals surface area contributed by atoms with Gasteiger partial charge >= 0.3 is 0 Å². The second-order valence-electron chi connectivity index (χ2n) is 4.97. The van der Waals surface area contributed by atoms with E-state index >= 15 is 0 Å². The Hall–Kier alpha value is -0.0800. The zero-order chi connectivity index (χ0) is 9.80. The van der Waals surface area contributed by atoms with E-state index in [-0.39, 0.29) is 0 Å². The Labute approximate surface area is 87.8 Å².